The Morgan fingerprint density at radius 2 is 1.95 bits per heavy atom. The molecule has 19 heavy (non-hydrogen) atoms. The number of morpholine rings is 1. The van der Waals surface area contributed by atoms with Crippen LogP contribution in [-0.2, 0) is 4.74 Å². The Morgan fingerprint density at radius 1 is 1.16 bits per heavy atom. The second kappa shape index (κ2) is 5.59. The van der Waals surface area contributed by atoms with Crippen molar-refractivity contribution in [2.75, 3.05) is 33.1 Å². The molecule has 1 aromatic rings. The third-order valence-corrected chi connectivity index (χ3v) is 3.53. The van der Waals surface area contributed by atoms with Crippen LogP contribution in [0.5, 0.6) is 11.5 Å². The molecule has 2 aliphatic heterocycles. The summed E-state index contributed by atoms with van der Waals surface area (Å²) in [5.41, 5.74) is 1.06. The predicted molar refractivity (Wildman–Crippen MR) is 76.6 cm³/mol. The molecular weight excluding hydrogens is 262 g/mol. The molecule has 0 unspecified atom stereocenters. The van der Waals surface area contributed by atoms with Crippen LogP contribution in [0, 0.1) is 0 Å². The molecule has 1 saturated heterocycles. The van der Waals surface area contributed by atoms with Crippen LogP contribution in [0.1, 0.15) is 5.56 Å². The largest absolute Gasteiger partial charge is 0.454 e. The van der Waals surface area contributed by atoms with Gasteiger partial charge in [0.1, 0.15) is 4.99 Å². The van der Waals surface area contributed by atoms with Crippen molar-refractivity contribution < 1.29 is 14.2 Å². The standard InChI is InChI=1S/C14H15NO3S/c19-14(15-5-7-16-8-6-15)4-2-11-1-3-12-13(9-11)18-10-17-12/h1-4,9H,5-8,10H2/b4-2+. The first-order chi connectivity index (χ1) is 9.33. The molecule has 0 N–H and O–H groups in total. The fraction of sp³-hybridized carbons (Fsp3) is 0.357. The van der Waals surface area contributed by atoms with E-state index in [2.05, 4.69) is 4.90 Å². The predicted octanol–water partition coefficient (Wildman–Crippen LogP) is 2.09. The van der Waals surface area contributed by atoms with E-state index in [0.29, 0.717) is 6.79 Å². The van der Waals surface area contributed by atoms with Crippen LogP contribution in [0.15, 0.2) is 24.3 Å². The number of benzene rings is 1. The van der Waals surface area contributed by atoms with Gasteiger partial charge in [-0.25, -0.2) is 0 Å². The molecule has 0 aliphatic carbocycles. The quantitative estimate of drug-likeness (QED) is 0.610. The van der Waals surface area contributed by atoms with E-state index in [1.54, 1.807) is 0 Å². The molecule has 0 saturated carbocycles. The van der Waals surface area contributed by atoms with Crippen LogP contribution in [0.3, 0.4) is 0 Å². The van der Waals surface area contributed by atoms with Crippen LogP contribution in [0.4, 0.5) is 0 Å². The highest BCUT2D eigenvalue weighted by molar-refractivity contribution is 7.80. The smallest absolute Gasteiger partial charge is 0.231 e. The molecular formula is C14H15NO3S. The van der Waals surface area contributed by atoms with Gasteiger partial charge in [-0.2, -0.15) is 0 Å². The first kappa shape index (κ1) is 12.4. The lowest BCUT2D eigenvalue weighted by Crippen LogP contribution is -2.38. The zero-order valence-corrected chi connectivity index (χ0v) is 11.3. The Bertz CT molecular complexity index is 509. The summed E-state index contributed by atoms with van der Waals surface area (Å²) in [5, 5.41) is 0. The summed E-state index contributed by atoms with van der Waals surface area (Å²) >= 11 is 5.40. The average Bonchev–Trinajstić information content (AvgIpc) is 2.93. The SMILES string of the molecule is S=C(/C=C/c1ccc2c(c1)OCO2)N1CCOCC1. The van der Waals surface area contributed by atoms with Crippen molar-refractivity contribution in [1.29, 1.82) is 0 Å². The molecule has 0 spiro atoms. The first-order valence-electron chi connectivity index (χ1n) is 6.27. The van der Waals surface area contributed by atoms with Gasteiger partial charge in [0.15, 0.2) is 11.5 Å². The molecule has 3 rings (SSSR count). The van der Waals surface area contributed by atoms with Gasteiger partial charge in [0.25, 0.3) is 0 Å². The Hall–Kier alpha value is -1.59. The van der Waals surface area contributed by atoms with Gasteiger partial charge in [0, 0.05) is 13.1 Å². The second-order valence-corrected chi connectivity index (χ2v) is 4.80. The van der Waals surface area contributed by atoms with E-state index in [9.17, 15) is 0 Å². The van der Waals surface area contributed by atoms with Crippen molar-refractivity contribution in [3.05, 3.63) is 29.8 Å². The summed E-state index contributed by atoms with van der Waals surface area (Å²) in [7, 11) is 0. The number of hydrogen-bond acceptors (Lipinski definition) is 4. The molecule has 2 heterocycles. The van der Waals surface area contributed by atoms with E-state index in [0.717, 1.165) is 48.4 Å². The number of ether oxygens (including phenoxy) is 3. The van der Waals surface area contributed by atoms with Crippen molar-refractivity contribution in [1.82, 2.24) is 4.90 Å². The number of nitrogens with zero attached hydrogens (tertiary/aromatic N) is 1. The lowest BCUT2D eigenvalue weighted by atomic mass is 10.2. The van der Waals surface area contributed by atoms with E-state index >= 15 is 0 Å². The van der Waals surface area contributed by atoms with Crippen molar-refractivity contribution >= 4 is 23.3 Å². The second-order valence-electron chi connectivity index (χ2n) is 4.38. The van der Waals surface area contributed by atoms with Gasteiger partial charge in [0.05, 0.1) is 13.2 Å². The fourth-order valence-corrected chi connectivity index (χ4v) is 2.32. The van der Waals surface area contributed by atoms with E-state index in [-0.39, 0.29) is 0 Å². The van der Waals surface area contributed by atoms with Crippen LogP contribution >= 0.6 is 12.2 Å². The van der Waals surface area contributed by atoms with Gasteiger partial charge in [-0.1, -0.05) is 24.4 Å². The number of thiocarbonyl (C=S) groups is 1. The molecule has 0 atom stereocenters. The topological polar surface area (TPSA) is 30.9 Å². The van der Waals surface area contributed by atoms with E-state index in [1.165, 1.54) is 0 Å². The number of fused-ring (bicyclic) bond motifs is 1. The molecule has 0 radical (unpaired) electrons. The van der Waals surface area contributed by atoms with Crippen molar-refractivity contribution in [2.24, 2.45) is 0 Å². The first-order valence-corrected chi connectivity index (χ1v) is 6.68. The molecule has 0 bridgehead atoms. The van der Waals surface area contributed by atoms with E-state index in [1.807, 2.05) is 30.4 Å². The molecule has 0 aromatic heterocycles. The van der Waals surface area contributed by atoms with Crippen molar-refractivity contribution in [3.63, 3.8) is 0 Å². The highest BCUT2D eigenvalue weighted by Gasteiger charge is 2.13. The molecule has 2 aliphatic rings. The minimum Gasteiger partial charge on any atom is -0.454 e. The summed E-state index contributed by atoms with van der Waals surface area (Å²) in [6, 6.07) is 5.87. The Kier molecular flexibility index (Phi) is 3.66. The van der Waals surface area contributed by atoms with Crippen LogP contribution in [0.25, 0.3) is 6.08 Å². The maximum absolute atomic E-state index is 5.40. The molecule has 1 aromatic carbocycles. The summed E-state index contributed by atoms with van der Waals surface area (Å²) in [4.78, 5) is 3.00. The van der Waals surface area contributed by atoms with Crippen LogP contribution < -0.4 is 9.47 Å². The summed E-state index contributed by atoms with van der Waals surface area (Å²) in [5.74, 6) is 1.59. The molecule has 0 amide bonds. The average molecular weight is 277 g/mol. The van der Waals surface area contributed by atoms with Crippen molar-refractivity contribution in [2.45, 2.75) is 0 Å². The normalized spacial score (nSPS) is 18.0. The highest BCUT2D eigenvalue weighted by atomic mass is 32.1. The molecule has 100 valence electrons. The van der Waals surface area contributed by atoms with Gasteiger partial charge >= 0.3 is 0 Å². The van der Waals surface area contributed by atoms with Gasteiger partial charge in [-0.15, -0.1) is 0 Å². The molecule has 4 nitrogen and oxygen atoms in total. The molecule has 1 fully saturated rings. The number of rotatable bonds is 2. The lowest BCUT2D eigenvalue weighted by molar-refractivity contribution is 0.0694. The highest BCUT2D eigenvalue weighted by Crippen LogP contribution is 2.32. The maximum atomic E-state index is 5.40. The zero-order valence-electron chi connectivity index (χ0n) is 10.5. The Balaban J connectivity index is 1.66. The summed E-state index contributed by atoms with van der Waals surface area (Å²) in [6.07, 6.45) is 3.96. The van der Waals surface area contributed by atoms with E-state index < -0.39 is 0 Å². The summed E-state index contributed by atoms with van der Waals surface area (Å²) < 4.78 is 15.9. The molecule has 5 heteroatoms. The van der Waals surface area contributed by atoms with Gasteiger partial charge in [0.2, 0.25) is 6.79 Å². The third-order valence-electron chi connectivity index (χ3n) is 3.14. The maximum Gasteiger partial charge on any atom is 0.231 e. The third kappa shape index (κ3) is 2.88. The van der Waals surface area contributed by atoms with Gasteiger partial charge in [-0.3, -0.25) is 0 Å². The summed E-state index contributed by atoms with van der Waals surface area (Å²) in [6.45, 7) is 3.53. The lowest BCUT2D eigenvalue weighted by Gasteiger charge is -2.27. The van der Waals surface area contributed by atoms with E-state index in [4.69, 9.17) is 26.4 Å². The minimum atomic E-state index is 0.300. The fourth-order valence-electron chi connectivity index (χ4n) is 2.07. The Labute approximate surface area is 117 Å². The minimum absolute atomic E-state index is 0.300. The monoisotopic (exact) mass is 277 g/mol. The van der Waals surface area contributed by atoms with Crippen molar-refractivity contribution in [3.8, 4) is 11.5 Å². The zero-order chi connectivity index (χ0) is 13.1. The van der Waals surface area contributed by atoms with Gasteiger partial charge in [-0.05, 0) is 23.8 Å². The van der Waals surface area contributed by atoms with Crippen LogP contribution in [-0.4, -0.2) is 43.0 Å². The Morgan fingerprint density at radius 3 is 2.79 bits per heavy atom. The van der Waals surface area contributed by atoms with Crippen LogP contribution in [0.2, 0.25) is 0 Å². The van der Waals surface area contributed by atoms with Gasteiger partial charge < -0.3 is 19.1 Å². The number of hydrogen-bond donors (Lipinski definition) is 0.